The lowest BCUT2D eigenvalue weighted by Crippen LogP contribution is -2.11. The van der Waals surface area contributed by atoms with Crippen LogP contribution >= 0.6 is 0 Å². The summed E-state index contributed by atoms with van der Waals surface area (Å²) in [5.74, 6) is 5.24. The summed E-state index contributed by atoms with van der Waals surface area (Å²) in [6, 6.07) is 5.25. The molecule has 102 valence electrons. The van der Waals surface area contributed by atoms with Gasteiger partial charge >= 0.3 is 0 Å². The fraction of sp³-hybridized carbons (Fsp3) is 0.200. The molecule has 0 atom stereocenters. The summed E-state index contributed by atoms with van der Waals surface area (Å²) < 4.78 is 1.62. The summed E-state index contributed by atoms with van der Waals surface area (Å²) in [7, 11) is 1.79. The Bertz CT molecular complexity index is 693. The molecule has 1 heterocycles. The maximum atomic E-state index is 12.1. The van der Waals surface area contributed by atoms with Gasteiger partial charge in [-0.25, -0.2) is 0 Å². The quantitative estimate of drug-likeness (QED) is 0.808. The van der Waals surface area contributed by atoms with Crippen molar-refractivity contribution in [2.45, 2.75) is 6.92 Å². The Balaban J connectivity index is 2.16. The first-order chi connectivity index (χ1) is 9.60. The zero-order valence-corrected chi connectivity index (χ0v) is 11.3. The monoisotopic (exact) mass is 269 g/mol. The molecule has 2 N–H and O–H groups in total. The molecule has 0 radical (unpaired) electrons. The summed E-state index contributed by atoms with van der Waals surface area (Å²) in [5.41, 5.74) is 2.90. The average molecular weight is 269 g/mol. The van der Waals surface area contributed by atoms with Crippen LogP contribution in [0.5, 0.6) is 0 Å². The van der Waals surface area contributed by atoms with E-state index in [0.717, 1.165) is 11.1 Å². The molecule has 5 nitrogen and oxygen atoms in total. The van der Waals surface area contributed by atoms with E-state index in [-0.39, 0.29) is 12.5 Å². The lowest BCUT2D eigenvalue weighted by atomic mass is 10.0. The Labute approximate surface area is 117 Å². The van der Waals surface area contributed by atoms with Gasteiger partial charge in [-0.05, 0) is 30.7 Å². The van der Waals surface area contributed by atoms with Gasteiger partial charge in [0.15, 0.2) is 0 Å². The largest absolute Gasteiger partial charge is 0.384 e. The predicted molar refractivity (Wildman–Crippen MR) is 76.3 cm³/mol. The third kappa shape index (κ3) is 3.25. The SMILES string of the molecule is Cc1cc(C(=O)Nc2cnn(C)c2)ccc1C#CCO. The number of rotatable bonds is 2. The first-order valence-corrected chi connectivity index (χ1v) is 6.10. The summed E-state index contributed by atoms with van der Waals surface area (Å²) >= 11 is 0. The lowest BCUT2D eigenvalue weighted by Gasteiger charge is -2.05. The molecule has 2 rings (SSSR count). The molecule has 5 heteroatoms. The predicted octanol–water partition coefficient (Wildman–Crippen LogP) is 1.32. The highest BCUT2D eigenvalue weighted by Gasteiger charge is 2.08. The van der Waals surface area contributed by atoms with Crippen LogP contribution in [0, 0.1) is 18.8 Å². The smallest absolute Gasteiger partial charge is 0.255 e. The second kappa shape index (κ2) is 6.04. The molecule has 1 aromatic heterocycles. The number of aliphatic hydroxyl groups is 1. The molecule has 0 fully saturated rings. The molecule has 0 saturated carbocycles. The molecular formula is C15H15N3O2. The van der Waals surface area contributed by atoms with Gasteiger partial charge in [0.05, 0.1) is 11.9 Å². The van der Waals surface area contributed by atoms with E-state index >= 15 is 0 Å². The van der Waals surface area contributed by atoms with E-state index in [1.165, 1.54) is 0 Å². The van der Waals surface area contributed by atoms with Crippen LogP contribution in [-0.4, -0.2) is 27.4 Å². The Morgan fingerprint density at radius 3 is 2.90 bits per heavy atom. The van der Waals surface area contributed by atoms with Gasteiger partial charge in [-0.3, -0.25) is 9.48 Å². The van der Waals surface area contributed by atoms with Crippen LogP contribution in [0.2, 0.25) is 0 Å². The number of nitrogens with zero attached hydrogens (tertiary/aromatic N) is 2. The summed E-state index contributed by atoms with van der Waals surface area (Å²) in [5, 5.41) is 15.4. The van der Waals surface area contributed by atoms with Crippen molar-refractivity contribution in [2.24, 2.45) is 7.05 Å². The van der Waals surface area contributed by atoms with E-state index in [2.05, 4.69) is 22.3 Å². The normalized spacial score (nSPS) is 9.75. The standard InChI is InChI=1S/C15H15N3O2/c1-11-8-13(6-5-12(11)4-3-7-19)15(20)17-14-9-16-18(2)10-14/h5-6,8-10,19H,7H2,1-2H3,(H,17,20). The molecule has 0 aliphatic rings. The zero-order valence-electron chi connectivity index (χ0n) is 11.3. The second-order valence-electron chi connectivity index (χ2n) is 4.35. The third-order valence-electron chi connectivity index (χ3n) is 2.75. The number of hydrogen-bond acceptors (Lipinski definition) is 3. The molecule has 0 saturated heterocycles. The summed E-state index contributed by atoms with van der Waals surface area (Å²) in [6.07, 6.45) is 3.32. The van der Waals surface area contributed by atoms with Crippen molar-refractivity contribution in [3.63, 3.8) is 0 Å². The van der Waals surface area contributed by atoms with Crippen molar-refractivity contribution in [3.8, 4) is 11.8 Å². The number of anilines is 1. The number of carbonyl (C=O) groups excluding carboxylic acids is 1. The van der Waals surface area contributed by atoms with Gasteiger partial charge in [0, 0.05) is 24.4 Å². The van der Waals surface area contributed by atoms with Crippen LogP contribution < -0.4 is 5.32 Å². The third-order valence-corrected chi connectivity index (χ3v) is 2.75. The van der Waals surface area contributed by atoms with Crippen LogP contribution in [0.15, 0.2) is 30.6 Å². The molecule has 1 aromatic carbocycles. The maximum Gasteiger partial charge on any atom is 0.255 e. The van der Waals surface area contributed by atoms with E-state index in [0.29, 0.717) is 11.3 Å². The molecule has 2 aromatic rings. The second-order valence-corrected chi connectivity index (χ2v) is 4.35. The number of nitrogens with one attached hydrogen (secondary N) is 1. The van der Waals surface area contributed by atoms with Crippen LogP contribution in [0.25, 0.3) is 0 Å². The number of benzene rings is 1. The van der Waals surface area contributed by atoms with Crippen molar-refractivity contribution in [3.05, 3.63) is 47.3 Å². The fourth-order valence-electron chi connectivity index (χ4n) is 1.77. The van der Waals surface area contributed by atoms with E-state index in [4.69, 9.17) is 5.11 Å². The van der Waals surface area contributed by atoms with Crippen LogP contribution in [0.1, 0.15) is 21.5 Å². The van der Waals surface area contributed by atoms with Crippen molar-refractivity contribution in [1.82, 2.24) is 9.78 Å². The Kier molecular flexibility index (Phi) is 4.18. The van der Waals surface area contributed by atoms with Crippen molar-refractivity contribution in [1.29, 1.82) is 0 Å². The first kappa shape index (κ1) is 13.8. The molecule has 0 spiro atoms. The van der Waals surface area contributed by atoms with Crippen molar-refractivity contribution >= 4 is 11.6 Å². The van der Waals surface area contributed by atoms with Crippen molar-refractivity contribution < 1.29 is 9.90 Å². The highest BCUT2D eigenvalue weighted by Crippen LogP contribution is 2.12. The Morgan fingerprint density at radius 1 is 1.50 bits per heavy atom. The minimum Gasteiger partial charge on any atom is -0.384 e. The first-order valence-electron chi connectivity index (χ1n) is 6.10. The topological polar surface area (TPSA) is 67.2 Å². The van der Waals surface area contributed by atoms with Gasteiger partial charge in [0.1, 0.15) is 6.61 Å². The minimum atomic E-state index is -0.192. The highest BCUT2D eigenvalue weighted by molar-refractivity contribution is 6.04. The molecule has 0 unspecified atom stereocenters. The van der Waals surface area contributed by atoms with Crippen molar-refractivity contribution in [2.75, 3.05) is 11.9 Å². The van der Waals surface area contributed by atoms with Gasteiger partial charge in [-0.1, -0.05) is 11.8 Å². The van der Waals surface area contributed by atoms with Crippen LogP contribution in [0.3, 0.4) is 0 Å². The van der Waals surface area contributed by atoms with Gasteiger partial charge in [0.25, 0.3) is 5.91 Å². The van der Waals surface area contributed by atoms with Crippen LogP contribution in [-0.2, 0) is 7.05 Å². The molecule has 20 heavy (non-hydrogen) atoms. The van der Waals surface area contributed by atoms with Gasteiger partial charge < -0.3 is 10.4 Å². The molecule has 1 amide bonds. The number of aromatic nitrogens is 2. The molecule has 0 bridgehead atoms. The van der Waals surface area contributed by atoms with E-state index in [1.807, 2.05) is 6.92 Å². The Hall–Kier alpha value is -2.58. The van der Waals surface area contributed by atoms with Gasteiger partial charge in [-0.15, -0.1) is 0 Å². The summed E-state index contributed by atoms with van der Waals surface area (Å²) in [4.78, 5) is 12.1. The number of amides is 1. The minimum absolute atomic E-state index is 0.178. The van der Waals surface area contributed by atoms with Gasteiger partial charge in [-0.2, -0.15) is 5.10 Å². The maximum absolute atomic E-state index is 12.1. The van der Waals surface area contributed by atoms with Gasteiger partial charge in [0.2, 0.25) is 0 Å². The molecule has 0 aliphatic heterocycles. The van der Waals surface area contributed by atoms with E-state index < -0.39 is 0 Å². The molecular weight excluding hydrogens is 254 g/mol. The summed E-state index contributed by atoms with van der Waals surface area (Å²) in [6.45, 7) is 1.70. The highest BCUT2D eigenvalue weighted by atomic mass is 16.2. The molecule has 0 aliphatic carbocycles. The fourth-order valence-corrected chi connectivity index (χ4v) is 1.77. The Morgan fingerprint density at radius 2 is 2.30 bits per heavy atom. The average Bonchev–Trinajstić information content (AvgIpc) is 2.82. The number of aliphatic hydroxyl groups excluding tert-OH is 1. The number of aryl methyl sites for hydroxylation is 2. The zero-order chi connectivity index (χ0) is 14.5. The van der Waals surface area contributed by atoms with E-state index in [9.17, 15) is 4.79 Å². The number of hydrogen-bond donors (Lipinski definition) is 2. The van der Waals surface area contributed by atoms with Crippen LogP contribution in [0.4, 0.5) is 5.69 Å². The number of carbonyl (C=O) groups is 1. The van der Waals surface area contributed by atoms with E-state index in [1.54, 1.807) is 42.3 Å². The lowest BCUT2D eigenvalue weighted by molar-refractivity contribution is 0.102.